The maximum atomic E-state index is 12.6. The lowest BCUT2D eigenvalue weighted by Gasteiger charge is -2.18. The summed E-state index contributed by atoms with van der Waals surface area (Å²) >= 11 is 0. The van der Waals surface area contributed by atoms with Crippen molar-refractivity contribution in [1.29, 1.82) is 0 Å². The number of ether oxygens (including phenoxy) is 2. The number of rotatable bonds is 6. The third-order valence-corrected chi connectivity index (χ3v) is 5.17. The molecule has 1 fully saturated rings. The number of carbonyl (C=O) groups excluding carboxylic acids is 1. The Morgan fingerprint density at radius 2 is 1.93 bits per heavy atom. The summed E-state index contributed by atoms with van der Waals surface area (Å²) in [5.74, 6) is 2.40. The van der Waals surface area contributed by atoms with Crippen LogP contribution >= 0.6 is 0 Å². The van der Waals surface area contributed by atoms with Crippen LogP contribution in [-0.4, -0.2) is 41.7 Å². The van der Waals surface area contributed by atoms with Gasteiger partial charge in [0.1, 0.15) is 11.5 Å². The third-order valence-electron chi connectivity index (χ3n) is 5.17. The molecule has 0 spiro atoms. The summed E-state index contributed by atoms with van der Waals surface area (Å²) in [7, 11) is 3.22. The predicted molar refractivity (Wildman–Crippen MR) is 107 cm³/mol. The lowest BCUT2D eigenvalue weighted by molar-refractivity contribution is -0.128. The number of nitrogens with zero attached hydrogens (tertiary/aromatic N) is 3. The van der Waals surface area contributed by atoms with Gasteiger partial charge >= 0.3 is 0 Å². The molecule has 150 valence electrons. The van der Waals surface area contributed by atoms with Gasteiger partial charge in [-0.25, -0.2) is 0 Å². The number of amides is 1. The normalized spacial score (nSPS) is 16.3. The minimum Gasteiger partial charge on any atom is -0.497 e. The fourth-order valence-corrected chi connectivity index (χ4v) is 3.50. The maximum absolute atomic E-state index is 12.6. The first-order chi connectivity index (χ1) is 14.1. The van der Waals surface area contributed by atoms with Gasteiger partial charge < -0.3 is 18.9 Å². The average molecular weight is 393 g/mol. The Hall–Kier alpha value is -3.35. The summed E-state index contributed by atoms with van der Waals surface area (Å²) in [6, 6.07) is 13.5. The van der Waals surface area contributed by atoms with E-state index in [2.05, 4.69) is 10.1 Å². The highest BCUT2D eigenvalue weighted by Crippen LogP contribution is 2.32. The Balaban J connectivity index is 1.48. The Morgan fingerprint density at radius 1 is 1.14 bits per heavy atom. The van der Waals surface area contributed by atoms with Crippen LogP contribution in [0.15, 0.2) is 47.0 Å². The molecule has 2 aromatic carbocycles. The fourth-order valence-electron chi connectivity index (χ4n) is 3.50. The van der Waals surface area contributed by atoms with Crippen LogP contribution in [0.1, 0.15) is 29.4 Å². The highest BCUT2D eigenvalue weighted by Gasteiger charge is 2.34. The summed E-state index contributed by atoms with van der Waals surface area (Å²) in [4.78, 5) is 18.9. The molecule has 0 saturated carbocycles. The van der Waals surface area contributed by atoms with Gasteiger partial charge in [0.15, 0.2) is 0 Å². The minimum atomic E-state index is -0.113. The molecular weight excluding hydrogens is 370 g/mol. The molecule has 1 aromatic heterocycles. The zero-order chi connectivity index (χ0) is 20.4. The summed E-state index contributed by atoms with van der Waals surface area (Å²) < 4.78 is 16.2. The van der Waals surface area contributed by atoms with E-state index in [1.165, 1.54) is 5.56 Å². The topological polar surface area (TPSA) is 77.7 Å². The number of carbonyl (C=O) groups is 1. The molecule has 1 aliphatic heterocycles. The number of methoxy groups -OCH3 is 2. The summed E-state index contributed by atoms with van der Waals surface area (Å²) in [6.07, 6.45) is 0.355. The van der Waals surface area contributed by atoms with Crippen LogP contribution in [0, 0.1) is 6.92 Å². The van der Waals surface area contributed by atoms with Gasteiger partial charge in [-0.15, -0.1) is 0 Å². The van der Waals surface area contributed by atoms with E-state index in [-0.39, 0.29) is 11.8 Å². The number of hydrogen-bond donors (Lipinski definition) is 0. The Morgan fingerprint density at radius 3 is 2.66 bits per heavy atom. The SMILES string of the molecule is COc1ccc(CN2CC(c3nc(-c4ccc(C)cc4)no3)CC2=O)c(OC)c1. The second-order valence-corrected chi connectivity index (χ2v) is 7.18. The van der Waals surface area contributed by atoms with Gasteiger partial charge in [-0.1, -0.05) is 35.0 Å². The Labute approximate surface area is 169 Å². The second kappa shape index (κ2) is 7.95. The molecule has 1 amide bonds. The van der Waals surface area contributed by atoms with Gasteiger partial charge in [0.05, 0.1) is 20.1 Å². The molecule has 0 aliphatic carbocycles. The largest absolute Gasteiger partial charge is 0.497 e. The van der Waals surface area contributed by atoms with Gasteiger partial charge in [0.2, 0.25) is 17.6 Å². The van der Waals surface area contributed by atoms with E-state index < -0.39 is 0 Å². The molecule has 3 aromatic rings. The van der Waals surface area contributed by atoms with Crippen molar-refractivity contribution in [3.05, 3.63) is 59.5 Å². The van der Waals surface area contributed by atoms with E-state index in [1.54, 1.807) is 19.1 Å². The highest BCUT2D eigenvalue weighted by atomic mass is 16.5. The molecule has 0 N–H and O–H groups in total. The Bertz CT molecular complexity index is 1010. The van der Waals surface area contributed by atoms with Crippen molar-refractivity contribution in [3.63, 3.8) is 0 Å². The van der Waals surface area contributed by atoms with Gasteiger partial charge in [-0.05, 0) is 19.1 Å². The van der Waals surface area contributed by atoms with Gasteiger partial charge in [0.25, 0.3) is 0 Å². The molecule has 0 radical (unpaired) electrons. The van der Waals surface area contributed by atoms with E-state index in [4.69, 9.17) is 14.0 Å². The van der Waals surface area contributed by atoms with Crippen LogP contribution in [0.5, 0.6) is 11.5 Å². The number of aryl methyl sites for hydroxylation is 1. The van der Waals surface area contributed by atoms with Crippen LogP contribution in [0.4, 0.5) is 0 Å². The Kier molecular flexibility index (Phi) is 5.20. The minimum absolute atomic E-state index is 0.0583. The zero-order valence-corrected chi connectivity index (χ0v) is 16.7. The molecule has 4 rings (SSSR count). The maximum Gasteiger partial charge on any atom is 0.232 e. The summed E-state index contributed by atoms with van der Waals surface area (Å²) in [6.45, 7) is 3.02. The van der Waals surface area contributed by atoms with E-state index in [9.17, 15) is 4.79 Å². The van der Waals surface area contributed by atoms with Crippen molar-refractivity contribution in [2.45, 2.75) is 25.8 Å². The first-order valence-electron chi connectivity index (χ1n) is 9.46. The van der Waals surface area contributed by atoms with Crippen LogP contribution in [0.25, 0.3) is 11.4 Å². The lowest BCUT2D eigenvalue weighted by Crippen LogP contribution is -2.24. The summed E-state index contributed by atoms with van der Waals surface area (Å²) in [5, 5.41) is 4.09. The van der Waals surface area contributed by atoms with Gasteiger partial charge in [-0.3, -0.25) is 4.79 Å². The van der Waals surface area contributed by atoms with Crippen molar-refractivity contribution in [3.8, 4) is 22.9 Å². The quantitative estimate of drug-likeness (QED) is 0.637. The molecule has 7 heteroatoms. The number of likely N-dealkylation sites (tertiary alicyclic amines) is 1. The molecule has 1 aliphatic rings. The second-order valence-electron chi connectivity index (χ2n) is 7.18. The van der Waals surface area contributed by atoms with Gasteiger partial charge in [-0.2, -0.15) is 4.98 Å². The number of aromatic nitrogens is 2. The van der Waals surface area contributed by atoms with Crippen LogP contribution < -0.4 is 9.47 Å². The van der Waals surface area contributed by atoms with E-state index in [1.807, 2.05) is 49.4 Å². The smallest absolute Gasteiger partial charge is 0.232 e. The molecule has 1 saturated heterocycles. The van der Waals surface area contributed by atoms with Crippen molar-refractivity contribution in [1.82, 2.24) is 15.0 Å². The first-order valence-corrected chi connectivity index (χ1v) is 9.46. The zero-order valence-electron chi connectivity index (χ0n) is 16.7. The molecule has 29 heavy (non-hydrogen) atoms. The van der Waals surface area contributed by atoms with Crippen LogP contribution in [-0.2, 0) is 11.3 Å². The summed E-state index contributed by atoms with van der Waals surface area (Å²) in [5.41, 5.74) is 2.99. The standard InChI is InChI=1S/C22H23N3O4/c1-14-4-6-15(7-5-14)21-23-22(29-24-21)17-10-20(26)25(13-17)12-16-8-9-18(27-2)11-19(16)28-3/h4-9,11,17H,10,12-13H2,1-3H3. The van der Waals surface area contributed by atoms with Crippen molar-refractivity contribution in [2.75, 3.05) is 20.8 Å². The van der Waals surface area contributed by atoms with Crippen LogP contribution in [0.2, 0.25) is 0 Å². The predicted octanol–water partition coefficient (Wildman–Crippen LogP) is 3.58. The monoisotopic (exact) mass is 393 g/mol. The van der Waals surface area contributed by atoms with Crippen molar-refractivity contribution in [2.24, 2.45) is 0 Å². The molecule has 1 unspecified atom stereocenters. The first kappa shape index (κ1) is 19.0. The van der Waals surface area contributed by atoms with Crippen molar-refractivity contribution < 1.29 is 18.8 Å². The molecule has 2 heterocycles. The average Bonchev–Trinajstić information content (AvgIpc) is 3.36. The highest BCUT2D eigenvalue weighted by molar-refractivity contribution is 5.79. The molecule has 0 bridgehead atoms. The van der Waals surface area contributed by atoms with E-state index in [0.717, 1.165) is 11.1 Å². The van der Waals surface area contributed by atoms with E-state index in [0.29, 0.717) is 42.7 Å². The van der Waals surface area contributed by atoms with Crippen LogP contribution in [0.3, 0.4) is 0 Å². The van der Waals surface area contributed by atoms with Crippen molar-refractivity contribution >= 4 is 5.91 Å². The molecule has 7 nitrogen and oxygen atoms in total. The fraction of sp³-hybridized carbons (Fsp3) is 0.318. The lowest BCUT2D eigenvalue weighted by atomic mass is 10.1. The molecular formula is C22H23N3O4. The van der Waals surface area contributed by atoms with E-state index >= 15 is 0 Å². The van der Waals surface area contributed by atoms with Gasteiger partial charge in [0, 0.05) is 36.7 Å². The number of hydrogen-bond acceptors (Lipinski definition) is 6. The number of benzene rings is 2. The molecule has 1 atom stereocenters. The third kappa shape index (κ3) is 3.94.